The fourth-order valence-corrected chi connectivity index (χ4v) is 2.01. The molecule has 4 heteroatoms. The molecule has 17 heavy (non-hydrogen) atoms. The molecule has 0 aliphatic carbocycles. The lowest BCUT2D eigenvalue weighted by molar-refractivity contribution is 0.297. The van der Waals surface area contributed by atoms with Gasteiger partial charge in [0.2, 0.25) is 0 Å². The minimum absolute atomic E-state index is 0.115. The fourth-order valence-electron chi connectivity index (χ4n) is 1.80. The smallest absolute Gasteiger partial charge is 0.108 e. The van der Waals surface area contributed by atoms with Crippen molar-refractivity contribution in [3.8, 4) is 0 Å². The summed E-state index contributed by atoms with van der Waals surface area (Å²) in [5.74, 6) is 0.835. The van der Waals surface area contributed by atoms with Gasteiger partial charge in [0.25, 0.3) is 0 Å². The number of imidazole rings is 1. The first kappa shape index (κ1) is 12.1. The average molecular weight is 251 g/mol. The summed E-state index contributed by atoms with van der Waals surface area (Å²) >= 11 is 5.94. The molecule has 0 bridgehead atoms. The number of aliphatic hydroxyl groups is 1. The Kier molecular flexibility index (Phi) is 3.82. The molecule has 90 valence electrons. The van der Waals surface area contributed by atoms with Crippen molar-refractivity contribution in [3.05, 3.63) is 52.1 Å². The summed E-state index contributed by atoms with van der Waals surface area (Å²) in [7, 11) is 0. The summed E-state index contributed by atoms with van der Waals surface area (Å²) in [6.45, 7) is 2.11. The average Bonchev–Trinajstić information content (AvgIpc) is 2.60. The number of aromatic nitrogens is 2. The normalized spacial score (nSPS) is 10.8. The lowest BCUT2D eigenvalue weighted by Crippen LogP contribution is -1.94. The van der Waals surface area contributed by atoms with Crippen LogP contribution in [-0.2, 0) is 12.8 Å². The van der Waals surface area contributed by atoms with E-state index in [-0.39, 0.29) is 6.61 Å². The van der Waals surface area contributed by atoms with Crippen molar-refractivity contribution in [3.63, 3.8) is 0 Å². The first-order valence-electron chi connectivity index (χ1n) is 5.58. The molecule has 2 aromatic rings. The highest BCUT2D eigenvalue weighted by Gasteiger charge is 2.07. The molecule has 0 saturated heterocycles. The van der Waals surface area contributed by atoms with Crippen LogP contribution in [0, 0.1) is 6.92 Å². The third-order valence-corrected chi connectivity index (χ3v) is 2.88. The molecule has 1 aromatic heterocycles. The summed E-state index contributed by atoms with van der Waals surface area (Å²) in [5.41, 5.74) is 3.20. The number of nitrogens with zero attached hydrogens (tertiary/aromatic N) is 1. The Balaban J connectivity index is 2.18. The maximum atomic E-state index is 8.87. The van der Waals surface area contributed by atoms with Gasteiger partial charge in [-0.05, 0) is 24.6 Å². The van der Waals surface area contributed by atoms with Gasteiger partial charge < -0.3 is 10.1 Å². The first-order chi connectivity index (χ1) is 8.19. The Hall–Kier alpha value is -1.32. The molecular formula is C13H15ClN2O. The van der Waals surface area contributed by atoms with Gasteiger partial charge in [-0.1, -0.05) is 23.7 Å². The maximum Gasteiger partial charge on any atom is 0.108 e. The lowest BCUT2D eigenvalue weighted by atomic mass is 10.1. The van der Waals surface area contributed by atoms with E-state index in [4.69, 9.17) is 16.7 Å². The molecule has 0 aliphatic rings. The zero-order valence-electron chi connectivity index (χ0n) is 9.70. The van der Waals surface area contributed by atoms with Crippen LogP contribution in [0.4, 0.5) is 0 Å². The van der Waals surface area contributed by atoms with Crippen LogP contribution in [0.5, 0.6) is 0 Å². The summed E-state index contributed by atoms with van der Waals surface area (Å²) in [6, 6.07) is 7.78. The third kappa shape index (κ3) is 3.08. The zero-order chi connectivity index (χ0) is 12.3. The van der Waals surface area contributed by atoms with Crippen molar-refractivity contribution < 1.29 is 5.11 Å². The van der Waals surface area contributed by atoms with E-state index in [1.807, 2.05) is 31.2 Å². The van der Waals surface area contributed by atoms with Crippen LogP contribution < -0.4 is 0 Å². The van der Waals surface area contributed by atoms with Crippen molar-refractivity contribution in [2.75, 3.05) is 6.61 Å². The van der Waals surface area contributed by atoms with E-state index in [9.17, 15) is 0 Å². The van der Waals surface area contributed by atoms with Crippen LogP contribution in [0.15, 0.2) is 24.3 Å². The van der Waals surface area contributed by atoms with E-state index >= 15 is 0 Å². The van der Waals surface area contributed by atoms with Crippen molar-refractivity contribution >= 4 is 11.6 Å². The molecule has 2 rings (SSSR count). The highest BCUT2D eigenvalue weighted by Crippen LogP contribution is 2.16. The van der Waals surface area contributed by atoms with Gasteiger partial charge in [0.15, 0.2) is 0 Å². The Morgan fingerprint density at radius 3 is 2.94 bits per heavy atom. The molecule has 0 unspecified atom stereocenters. The van der Waals surface area contributed by atoms with E-state index in [1.54, 1.807) is 0 Å². The monoisotopic (exact) mass is 250 g/mol. The second kappa shape index (κ2) is 5.34. The maximum absolute atomic E-state index is 8.87. The van der Waals surface area contributed by atoms with Crippen molar-refractivity contribution in [2.24, 2.45) is 0 Å². The number of aliphatic hydroxyl groups excluding tert-OH is 1. The van der Waals surface area contributed by atoms with Gasteiger partial charge in [0.05, 0.1) is 12.3 Å². The van der Waals surface area contributed by atoms with E-state index < -0.39 is 0 Å². The topological polar surface area (TPSA) is 48.9 Å². The number of nitrogens with one attached hydrogen (secondary N) is 1. The number of H-pyrrole nitrogens is 1. The van der Waals surface area contributed by atoms with E-state index in [1.165, 1.54) is 0 Å². The number of halogens is 1. The predicted octanol–water partition coefficient (Wildman–Crippen LogP) is 2.50. The highest BCUT2D eigenvalue weighted by atomic mass is 35.5. The molecule has 1 heterocycles. The van der Waals surface area contributed by atoms with Gasteiger partial charge in [0.1, 0.15) is 5.82 Å². The van der Waals surface area contributed by atoms with E-state index in [0.29, 0.717) is 6.42 Å². The minimum Gasteiger partial charge on any atom is -0.396 e. The lowest BCUT2D eigenvalue weighted by Gasteiger charge is -2.00. The molecule has 0 atom stereocenters. The minimum atomic E-state index is 0.115. The summed E-state index contributed by atoms with van der Waals surface area (Å²) in [4.78, 5) is 7.64. The standard InChI is InChI=1S/C13H15ClN2O/c1-9-12(16-13(15-9)5-6-17)8-10-3-2-4-11(14)7-10/h2-4,7,17H,5-6,8H2,1H3,(H,15,16). The molecule has 0 aliphatic heterocycles. The highest BCUT2D eigenvalue weighted by molar-refractivity contribution is 6.30. The van der Waals surface area contributed by atoms with Gasteiger partial charge in [-0.25, -0.2) is 4.98 Å². The second-order valence-corrected chi connectivity index (χ2v) is 4.47. The molecule has 0 spiro atoms. The SMILES string of the molecule is Cc1[nH]c(CCO)nc1Cc1cccc(Cl)c1. The number of aromatic amines is 1. The van der Waals surface area contributed by atoms with Crippen LogP contribution in [0.25, 0.3) is 0 Å². The van der Waals surface area contributed by atoms with Crippen molar-refractivity contribution in [1.29, 1.82) is 0 Å². The number of rotatable bonds is 4. The number of aryl methyl sites for hydroxylation is 1. The van der Waals surface area contributed by atoms with Crippen LogP contribution in [0.3, 0.4) is 0 Å². The zero-order valence-corrected chi connectivity index (χ0v) is 10.5. The van der Waals surface area contributed by atoms with Gasteiger partial charge in [-0.3, -0.25) is 0 Å². The van der Waals surface area contributed by atoms with Crippen LogP contribution in [0.2, 0.25) is 5.02 Å². The second-order valence-electron chi connectivity index (χ2n) is 4.04. The van der Waals surface area contributed by atoms with Crippen molar-refractivity contribution in [1.82, 2.24) is 9.97 Å². The third-order valence-electron chi connectivity index (χ3n) is 2.64. The molecule has 0 amide bonds. The van der Waals surface area contributed by atoms with Crippen LogP contribution >= 0.6 is 11.6 Å². The summed E-state index contributed by atoms with van der Waals surface area (Å²) in [6.07, 6.45) is 1.32. The summed E-state index contributed by atoms with van der Waals surface area (Å²) in [5, 5.41) is 9.61. The largest absolute Gasteiger partial charge is 0.396 e. The first-order valence-corrected chi connectivity index (χ1v) is 5.96. The Bertz CT molecular complexity index is 508. The Morgan fingerprint density at radius 1 is 1.41 bits per heavy atom. The molecule has 0 fully saturated rings. The fraction of sp³-hybridized carbons (Fsp3) is 0.308. The number of hydrogen-bond acceptors (Lipinski definition) is 2. The van der Waals surface area contributed by atoms with E-state index in [2.05, 4.69) is 9.97 Å². The Morgan fingerprint density at radius 2 is 2.24 bits per heavy atom. The van der Waals surface area contributed by atoms with Gasteiger partial charge in [0, 0.05) is 23.6 Å². The molecule has 1 aromatic carbocycles. The summed E-state index contributed by atoms with van der Waals surface area (Å²) < 4.78 is 0. The van der Waals surface area contributed by atoms with Crippen LogP contribution in [0.1, 0.15) is 22.8 Å². The predicted molar refractivity (Wildman–Crippen MR) is 68.4 cm³/mol. The Labute approximate surface area is 105 Å². The quantitative estimate of drug-likeness (QED) is 0.876. The van der Waals surface area contributed by atoms with Crippen molar-refractivity contribution in [2.45, 2.75) is 19.8 Å². The van der Waals surface area contributed by atoms with Gasteiger partial charge in [-0.15, -0.1) is 0 Å². The molecular weight excluding hydrogens is 236 g/mol. The van der Waals surface area contributed by atoms with Gasteiger partial charge >= 0.3 is 0 Å². The van der Waals surface area contributed by atoms with Gasteiger partial charge in [-0.2, -0.15) is 0 Å². The van der Waals surface area contributed by atoms with Crippen LogP contribution in [-0.4, -0.2) is 21.7 Å². The number of hydrogen-bond donors (Lipinski definition) is 2. The molecule has 0 saturated carbocycles. The molecule has 0 radical (unpaired) electrons. The number of benzene rings is 1. The molecule has 3 nitrogen and oxygen atoms in total. The molecule has 2 N–H and O–H groups in total. The van der Waals surface area contributed by atoms with E-state index in [0.717, 1.165) is 34.2 Å².